The molecule has 2 nitrogen and oxygen atoms in total. The Bertz CT molecular complexity index is 1270. The van der Waals surface area contributed by atoms with Crippen LogP contribution in [0.4, 0.5) is 0 Å². The first-order valence-corrected chi connectivity index (χ1v) is 14.4. The van der Waals surface area contributed by atoms with Crippen LogP contribution in [-0.4, -0.2) is 8.32 Å². The second kappa shape index (κ2) is 9.72. The maximum atomic E-state index is 9.58. The van der Waals surface area contributed by atoms with Crippen LogP contribution in [0, 0.1) is 25.2 Å². The first-order valence-electron chi connectivity index (χ1n) is 11.6. The number of hydrogen-bond acceptors (Lipinski definition) is 3. The number of nitrogens with zero attached hydrogens (tertiary/aromatic N) is 1. The van der Waals surface area contributed by atoms with Gasteiger partial charge in [0.1, 0.15) is 10.9 Å². The van der Waals surface area contributed by atoms with Crippen LogP contribution >= 0.6 is 11.3 Å². The molecule has 0 atom stereocenters. The number of rotatable bonds is 6. The lowest BCUT2D eigenvalue weighted by Crippen LogP contribution is -2.66. The van der Waals surface area contributed by atoms with Crippen LogP contribution in [0.2, 0.25) is 5.04 Å². The van der Waals surface area contributed by atoms with Crippen molar-refractivity contribution in [1.29, 1.82) is 5.26 Å². The van der Waals surface area contributed by atoms with Crippen molar-refractivity contribution in [2.45, 2.75) is 46.3 Å². The largest absolute Gasteiger partial charge is 0.403 e. The fourth-order valence-electron chi connectivity index (χ4n) is 4.96. The second-order valence-electron chi connectivity index (χ2n) is 9.76. The Hall–Kier alpha value is -2.97. The van der Waals surface area contributed by atoms with Gasteiger partial charge in [0.2, 0.25) is 0 Å². The van der Waals surface area contributed by atoms with E-state index in [9.17, 15) is 5.26 Å². The summed E-state index contributed by atoms with van der Waals surface area (Å²) < 4.78 is 7.22. The van der Waals surface area contributed by atoms with Crippen molar-refractivity contribution in [3.8, 4) is 17.2 Å². The summed E-state index contributed by atoms with van der Waals surface area (Å²) in [5.74, 6) is 0. The normalized spacial score (nSPS) is 11.9. The molecule has 1 heterocycles. The van der Waals surface area contributed by atoms with Crippen LogP contribution in [0.25, 0.3) is 11.1 Å². The van der Waals surface area contributed by atoms with Crippen LogP contribution in [0.1, 0.15) is 42.3 Å². The number of aryl methyl sites for hydroxylation is 1. The van der Waals surface area contributed by atoms with Crippen molar-refractivity contribution < 1.29 is 4.43 Å². The third-order valence-corrected chi connectivity index (χ3v) is 12.5. The van der Waals surface area contributed by atoms with Gasteiger partial charge in [-0.05, 0) is 63.0 Å². The molecule has 3 aromatic carbocycles. The molecule has 34 heavy (non-hydrogen) atoms. The van der Waals surface area contributed by atoms with Gasteiger partial charge in [-0.3, -0.25) is 0 Å². The Kier molecular flexibility index (Phi) is 6.90. The van der Waals surface area contributed by atoms with Crippen LogP contribution in [-0.2, 0) is 11.0 Å². The number of nitriles is 1. The van der Waals surface area contributed by atoms with Crippen LogP contribution < -0.4 is 10.4 Å². The lowest BCUT2D eigenvalue weighted by atomic mass is 9.94. The van der Waals surface area contributed by atoms with Gasteiger partial charge in [0.15, 0.2) is 0 Å². The monoisotopic (exact) mass is 481 g/mol. The average Bonchev–Trinajstić information content (AvgIpc) is 3.30. The molecule has 172 valence electrons. The van der Waals surface area contributed by atoms with E-state index in [2.05, 4.69) is 113 Å². The van der Waals surface area contributed by atoms with Crippen molar-refractivity contribution in [1.82, 2.24) is 0 Å². The summed E-state index contributed by atoms with van der Waals surface area (Å²) in [7, 11) is -2.63. The quantitative estimate of drug-likeness (QED) is 0.278. The summed E-state index contributed by atoms with van der Waals surface area (Å²) in [6.45, 7) is 11.8. The molecule has 0 saturated heterocycles. The van der Waals surface area contributed by atoms with E-state index >= 15 is 0 Å². The molecule has 0 bridgehead atoms. The predicted octanol–water partition coefficient (Wildman–Crippen LogP) is 6.98. The Morgan fingerprint density at radius 2 is 1.41 bits per heavy atom. The molecule has 0 aliphatic heterocycles. The van der Waals surface area contributed by atoms with Gasteiger partial charge in [-0.25, -0.2) is 0 Å². The lowest BCUT2D eigenvalue weighted by Gasteiger charge is -2.43. The third kappa shape index (κ3) is 4.28. The smallest absolute Gasteiger partial charge is 0.261 e. The minimum absolute atomic E-state index is 0.0730. The zero-order valence-corrected chi connectivity index (χ0v) is 22.4. The highest BCUT2D eigenvalue weighted by atomic mass is 32.1. The van der Waals surface area contributed by atoms with Crippen molar-refractivity contribution >= 4 is 30.0 Å². The summed E-state index contributed by atoms with van der Waals surface area (Å²) in [5, 5.41) is 14.1. The minimum Gasteiger partial charge on any atom is -0.403 e. The topological polar surface area (TPSA) is 33.0 Å². The van der Waals surface area contributed by atoms with Gasteiger partial charge in [0.25, 0.3) is 8.32 Å². The fourth-order valence-corrected chi connectivity index (χ4v) is 10.2. The van der Waals surface area contributed by atoms with Gasteiger partial charge in [-0.1, -0.05) is 93.6 Å². The Balaban J connectivity index is 1.84. The maximum absolute atomic E-state index is 9.58. The molecule has 0 saturated carbocycles. The molecule has 0 fully saturated rings. The van der Waals surface area contributed by atoms with Crippen molar-refractivity contribution in [2.24, 2.45) is 0 Å². The predicted molar refractivity (Wildman–Crippen MR) is 146 cm³/mol. The first kappa shape index (κ1) is 24.2. The molecule has 0 aliphatic rings. The van der Waals surface area contributed by atoms with Crippen LogP contribution in [0.5, 0.6) is 0 Å². The van der Waals surface area contributed by atoms with Gasteiger partial charge < -0.3 is 4.43 Å². The molecule has 0 aliphatic carbocycles. The molecule has 4 aromatic rings. The molecule has 4 heteroatoms. The van der Waals surface area contributed by atoms with Crippen LogP contribution in [0.3, 0.4) is 0 Å². The molecular formula is C30H31NOSSi. The zero-order chi connectivity index (χ0) is 24.3. The SMILES string of the molecule is Cc1ccc(-c2ccsc2C#N)c(C)c1CO[Si](c1ccccc1)(c1ccccc1)C(C)(C)C. The summed E-state index contributed by atoms with van der Waals surface area (Å²) in [6, 6.07) is 30.2. The van der Waals surface area contributed by atoms with E-state index in [1.807, 2.05) is 11.4 Å². The molecule has 0 amide bonds. The summed E-state index contributed by atoms with van der Waals surface area (Å²) in [6.07, 6.45) is 0. The standard InChI is InChI=1S/C30H31NOSSi/c1-22-16-17-26(27-18-19-33-29(27)20-31)23(2)28(22)21-32-34(30(3,4)5,24-12-8-6-9-13-24)25-14-10-7-11-15-25/h6-19H,21H2,1-5H3. The summed E-state index contributed by atoms with van der Waals surface area (Å²) in [4.78, 5) is 0.755. The molecule has 1 aromatic heterocycles. The molecule has 4 rings (SSSR count). The van der Waals surface area contributed by atoms with Crippen molar-refractivity contribution in [2.75, 3.05) is 0 Å². The highest BCUT2D eigenvalue weighted by molar-refractivity contribution is 7.11. The lowest BCUT2D eigenvalue weighted by molar-refractivity contribution is 0.285. The number of thiophene rings is 1. The van der Waals surface area contributed by atoms with Gasteiger partial charge in [-0.2, -0.15) is 5.26 Å². The van der Waals surface area contributed by atoms with E-state index in [1.54, 1.807) is 0 Å². The van der Waals surface area contributed by atoms with E-state index in [0.29, 0.717) is 6.61 Å². The highest BCUT2D eigenvalue weighted by Gasteiger charge is 2.50. The van der Waals surface area contributed by atoms with E-state index < -0.39 is 8.32 Å². The van der Waals surface area contributed by atoms with Gasteiger partial charge in [-0.15, -0.1) is 11.3 Å². The Morgan fingerprint density at radius 1 is 0.824 bits per heavy atom. The Labute approximate surface area is 208 Å². The highest BCUT2D eigenvalue weighted by Crippen LogP contribution is 2.39. The van der Waals surface area contributed by atoms with E-state index in [4.69, 9.17) is 4.43 Å². The average molecular weight is 482 g/mol. The van der Waals surface area contributed by atoms with Gasteiger partial charge in [0.05, 0.1) is 6.61 Å². The second-order valence-corrected chi connectivity index (χ2v) is 15.0. The molecule has 0 radical (unpaired) electrons. The molecular weight excluding hydrogens is 450 g/mol. The van der Waals surface area contributed by atoms with Crippen molar-refractivity contribution in [3.63, 3.8) is 0 Å². The Morgan fingerprint density at radius 3 is 1.94 bits per heavy atom. The van der Waals surface area contributed by atoms with E-state index in [1.165, 1.54) is 38.4 Å². The van der Waals surface area contributed by atoms with Gasteiger partial charge in [0, 0.05) is 5.56 Å². The first-order chi connectivity index (χ1) is 16.3. The summed E-state index contributed by atoms with van der Waals surface area (Å²) >= 11 is 1.49. The molecule has 0 N–H and O–H groups in total. The number of hydrogen-bond donors (Lipinski definition) is 0. The summed E-state index contributed by atoms with van der Waals surface area (Å²) in [5.41, 5.74) is 5.74. The molecule has 0 spiro atoms. The molecule has 0 unspecified atom stereocenters. The minimum atomic E-state index is -2.63. The third-order valence-electron chi connectivity index (χ3n) is 6.74. The zero-order valence-electron chi connectivity index (χ0n) is 20.6. The van der Waals surface area contributed by atoms with Crippen molar-refractivity contribution in [3.05, 3.63) is 106 Å². The number of benzene rings is 3. The fraction of sp³-hybridized carbons (Fsp3) is 0.233. The van der Waals surface area contributed by atoms with Gasteiger partial charge >= 0.3 is 0 Å². The maximum Gasteiger partial charge on any atom is 0.261 e. The van der Waals surface area contributed by atoms with E-state index in [0.717, 1.165) is 16.0 Å². The van der Waals surface area contributed by atoms with E-state index in [-0.39, 0.29) is 5.04 Å². The van der Waals surface area contributed by atoms with Crippen LogP contribution in [0.15, 0.2) is 84.2 Å².